The van der Waals surface area contributed by atoms with Gasteiger partial charge in [-0.25, -0.2) is 13.2 Å². The van der Waals surface area contributed by atoms with Crippen molar-refractivity contribution in [1.82, 2.24) is 9.21 Å². The van der Waals surface area contributed by atoms with Gasteiger partial charge in [-0.1, -0.05) is 33.8 Å². The number of hydrogen-bond donors (Lipinski definition) is 0. The van der Waals surface area contributed by atoms with Crippen LogP contribution in [0.2, 0.25) is 0 Å². The molecule has 1 aromatic carbocycles. The standard InChI is InChI=1S/C21H32N2O6S/c1-16(2)13-22(14-17(3)4)20(24)15-29-21(25)18-6-5-7-19(12-18)30(26,27)23-8-10-28-11-9-23/h5-7,12,16-17H,8-11,13-15H2,1-4H3. The SMILES string of the molecule is CC(C)CN(CC(C)C)C(=O)COC(=O)c1cccc(S(=O)(=O)N2CCOCC2)c1. The van der Waals surface area contributed by atoms with E-state index in [4.69, 9.17) is 9.47 Å². The molecule has 1 heterocycles. The quantitative estimate of drug-likeness (QED) is 0.546. The summed E-state index contributed by atoms with van der Waals surface area (Å²) in [5.74, 6) is -0.393. The number of hydrogen-bond acceptors (Lipinski definition) is 6. The van der Waals surface area contributed by atoms with E-state index in [0.717, 1.165) is 0 Å². The minimum Gasteiger partial charge on any atom is -0.452 e. The van der Waals surface area contributed by atoms with Crippen LogP contribution in [0, 0.1) is 11.8 Å². The Morgan fingerprint density at radius 3 is 2.27 bits per heavy atom. The second kappa shape index (κ2) is 10.9. The smallest absolute Gasteiger partial charge is 0.338 e. The zero-order chi connectivity index (χ0) is 22.3. The summed E-state index contributed by atoms with van der Waals surface area (Å²) in [6.45, 7) is 10.1. The zero-order valence-corrected chi connectivity index (χ0v) is 19.0. The average molecular weight is 441 g/mol. The predicted molar refractivity (Wildman–Crippen MR) is 113 cm³/mol. The number of carbonyl (C=O) groups excluding carboxylic acids is 2. The third-order valence-electron chi connectivity index (χ3n) is 4.53. The highest BCUT2D eigenvalue weighted by molar-refractivity contribution is 7.89. The van der Waals surface area contributed by atoms with Crippen molar-refractivity contribution >= 4 is 21.9 Å². The highest BCUT2D eigenvalue weighted by Gasteiger charge is 2.27. The van der Waals surface area contributed by atoms with Gasteiger partial charge in [0.25, 0.3) is 5.91 Å². The van der Waals surface area contributed by atoms with E-state index in [-0.39, 0.29) is 36.1 Å². The van der Waals surface area contributed by atoms with Crippen molar-refractivity contribution in [3.63, 3.8) is 0 Å². The number of rotatable bonds is 9. The summed E-state index contributed by atoms with van der Waals surface area (Å²) in [6.07, 6.45) is 0. The van der Waals surface area contributed by atoms with E-state index in [9.17, 15) is 18.0 Å². The maximum Gasteiger partial charge on any atom is 0.338 e. The fourth-order valence-electron chi connectivity index (χ4n) is 3.18. The van der Waals surface area contributed by atoms with Crippen LogP contribution in [0.5, 0.6) is 0 Å². The normalized spacial score (nSPS) is 15.4. The summed E-state index contributed by atoms with van der Waals surface area (Å²) >= 11 is 0. The molecule has 1 saturated heterocycles. The Bertz CT molecular complexity index is 822. The Balaban J connectivity index is 2.05. The summed E-state index contributed by atoms with van der Waals surface area (Å²) in [5, 5.41) is 0. The van der Waals surface area contributed by atoms with Crippen molar-refractivity contribution in [2.45, 2.75) is 32.6 Å². The van der Waals surface area contributed by atoms with Crippen molar-refractivity contribution in [1.29, 1.82) is 0 Å². The zero-order valence-electron chi connectivity index (χ0n) is 18.2. The van der Waals surface area contributed by atoms with Crippen LogP contribution in [0.25, 0.3) is 0 Å². The molecule has 1 aromatic rings. The van der Waals surface area contributed by atoms with Crippen LogP contribution in [0.3, 0.4) is 0 Å². The van der Waals surface area contributed by atoms with Crippen LogP contribution in [0.4, 0.5) is 0 Å². The van der Waals surface area contributed by atoms with E-state index in [1.165, 1.54) is 28.6 Å². The van der Waals surface area contributed by atoms with Gasteiger partial charge in [-0.3, -0.25) is 4.79 Å². The van der Waals surface area contributed by atoms with Crippen LogP contribution >= 0.6 is 0 Å². The lowest BCUT2D eigenvalue weighted by Crippen LogP contribution is -2.40. The van der Waals surface area contributed by atoms with Gasteiger partial charge in [0, 0.05) is 26.2 Å². The topological polar surface area (TPSA) is 93.2 Å². The fourth-order valence-corrected chi connectivity index (χ4v) is 4.64. The molecule has 0 radical (unpaired) electrons. The number of carbonyl (C=O) groups is 2. The lowest BCUT2D eigenvalue weighted by Gasteiger charge is -2.26. The molecule has 0 N–H and O–H groups in total. The largest absolute Gasteiger partial charge is 0.452 e. The third-order valence-corrected chi connectivity index (χ3v) is 6.42. The number of amides is 1. The van der Waals surface area contributed by atoms with E-state index in [1.807, 2.05) is 27.7 Å². The second-order valence-corrected chi connectivity index (χ2v) is 10.1. The van der Waals surface area contributed by atoms with Gasteiger partial charge in [0.2, 0.25) is 10.0 Å². The maximum atomic E-state index is 12.8. The first-order chi connectivity index (χ1) is 14.1. The summed E-state index contributed by atoms with van der Waals surface area (Å²) in [6, 6.07) is 5.71. The summed E-state index contributed by atoms with van der Waals surface area (Å²) in [5.41, 5.74) is 0.0939. The minimum absolute atomic E-state index is 0.0198. The predicted octanol–water partition coefficient (Wildman–Crippen LogP) is 2.00. The van der Waals surface area contributed by atoms with Crippen LogP contribution in [-0.2, 0) is 24.3 Å². The van der Waals surface area contributed by atoms with Gasteiger partial charge in [-0.15, -0.1) is 0 Å². The first-order valence-electron chi connectivity index (χ1n) is 10.2. The average Bonchev–Trinajstić information content (AvgIpc) is 2.71. The number of esters is 1. The van der Waals surface area contributed by atoms with Crippen molar-refractivity contribution in [3.8, 4) is 0 Å². The molecular weight excluding hydrogens is 408 g/mol. The molecule has 9 heteroatoms. The molecule has 0 aliphatic carbocycles. The first kappa shape index (κ1) is 24.3. The molecule has 0 spiro atoms. The Labute approximate surface area is 179 Å². The lowest BCUT2D eigenvalue weighted by atomic mass is 10.1. The molecule has 0 saturated carbocycles. The van der Waals surface area contributed by atoms with E-state index in [0.29, 0.717) is 38.1 Å². The number of ether oxygens (including phenoxy) is 2. The van der Waals surface area contributed by atoms with Gasteiger partial charge in [0.1, 0.15) is 0 Å². The maximum absolute atomic E-state index is 12.8. The Morgan fingerprint density at radius 2 is 1.70 bits per heavy atom. The molecular formula is C21H32N2O6S. The number of morpholine rings is 1. The number of sulfonamides is 1. The molecule has 30 heavy (non-hydrogen) atoms. The molecule has 1 amide bonds. The third kappa shape index (κ3) is 6.78. The molecule has 1 aliphatic rings. The van der Waals surface area contributed by atoms with E-state index in [1.54, 1.807) is 4.90 Å². The summed E-state index contributed by atoms with van der Waals surface area (Å²) in [7, 11) is -3.72. The molecule has 2 rings (SSSR count). The van der Waals surface area contributed by atoms with E-state index in [2.05, 4.69) is 0 Å². The molecule has 0 bridgehead atoms. The van der Waals surface area contributed by atoms with Gasteiger partial charge >= 0.3 is 5.97 Å². The molecule has 1 aliphatic heterocycles. The number of benzene rings is 1. The highest BCUT2D eigenvalue weighted by Crippen LogP contribution is 2.19. The van der Waals surface area contributed by atoms with Crippen LogP contribution in [0.1, 0.15) is 38.1 Å². The van der Waals surface area contributed by atoms with Crippen LogP contribution in [-0.4, -0.2) is 75.5 Å². The first-order valence-corrected chi connectivity index (χ1v) is 11.7. The molecule has 0 unspecified atom stereocenters. The van der Waals surface area contributed by atoms with Crippen molar-refractivity contribution in [3.05, 3.63) is 29.8 Å². The van der Waals surface area contributed by atoms with Crippen LogP contribution in [0.15, 0.2) is 29.2 Å². The van der Waals surface area contributed by atoms with E-state index >= 15 is 0 Å². The molecule has 0 aromatic heterocycles. The van der Waals surface area contributed by atoms with E-state index < -0.39 is 16.0 Å². The van der Waals surface area contributed by atoms with Gasteiger partial charge < -0.3 is 14.4 Å². The Morgan fingerprint density at radius 1 is 1.10 bits per heavy atom. The highest BCUT2D eigenvalue weighted by atomic mass is 32.2. The fraction of sp³-hybridized carbons (Fsp3) is 0.619. The lowest BCUT2D eigenvalue weighted by molar-refractivity contribution is -0.135. The van der Waals surface area contributed by atoms with Crippen LogP contribution < -0.4 is 0 Å². The summed E-state index contributed by atoms with van der Waals surface area (Å²) < 4.78 is 37.3. The minimum atomic E-state index is -3.72. The van der Waals surface area contributed by atoms with Crippen molar-refractivity contribution < 1.29 is 27.5 Å². The Hall–Kier alpha value is -1.97. The van der Waals surface area contributed by atoms with Crippen molar-refractivity contribution in [2.75, 3.05) is 46.0 Å². The number of nitrogens with zero attached hydrogens (tertiary/aromatic N) is 2. The second-order valence-electron chi connectivity index (χ2n) is 8.21. The molecule has 0 atom stereocenters. The van der Waals surface area contributed by atoms with Gasteiger partial charge in [-0.2, -0.15) is 4.31 Å². The summed E-state index contributed by atoms with van der Waals surface area (Å²) in [4.78, 5) is 26.7. The molecule has 1 fully saturated rings. The monoisotopic (exact) mass is 440 g/mol. The van der Waals surface area contributed by atoms with Gasteiger partial charge in [0.15, 0.2) is 6.61 Å². The van der Waals surface area contributed by atoms with Crippen molar-refractivity contribution in [2.24, 2.45) is 11.8 Å². The molecule has 8 nitrogen and oxygen atoms in total. The molecule has 168 valence electrons. The van der Waals surface area contributed by atoms with Gasteiger partial charge in [0.05, 0.1) is 23.7 Å². The Kier molecular flexibility index (Phi) is 8.81. The van der Waals surface area contributed by atoms with Gasteiger partial charge in [-0.05, 0) is 30.0 Å².